The number of ether oxygens (including phenoxy) is 4. The Morgan fingerprint density at radius 2 is 1.73 bits per heavy atom. The normalized spacial score (nSPS) is 18.7. The SMILES string of the molecule is CCOC(=O)C1(CCOC)CNC(=O)CCCN(C(=O)c2c(OC)ccc(F)c2F)CCCNC(=O)COc2ccc(cc2)C1. The lowest BCUT2D eigenvalue weighted by atomic mass is 9.78. The number of carbonyl (C=O) groups excluding carboxylic acids is 4. The maximum Gasteiger partial charge on any atom is 0.314 e. The van der Waals surface area contributed by atoms with Crippen LogP contribution in [0.25, 0.3) is 0 Å². The van der Waals surface area contributed by atoms with Gasteiger partial charge in [0.05, 0.1) is 19.1 Å². The van der Waals surface area contributed by atoms with Crippen molar-refractivity contribution in [1.82, 2.24) is 15.5 Å². The first-order valence-corrected chi connectivity index (χ1v) is 14.9. The molecule has 0 radical (unpaired) electrons. The maximum atomic E-state index is 14.8. The highest BCUT2D eigenvalue weighted by atomic mass is 19.2. The van der Waals surface area contributed by atoms with Gasteiger partial charge in [0, 0.05) is 46.3 Å². The van der Waals surface area contributed by atoms with E-state index in [1.54, 1.807) is 31.2 Å². The van der Waals surface area contributed by atoms with E-state index in [1.807, 2.05) is 0 Å². The van der Waals surface area contributed by atoms with Crippen molar-refractivity contribution >= 4 is 23.7 Å². The van der Waals surface area contributed by atoms with Crippen molar-refractivity contribution in [2.45, 2.75) is 39.0 Å². The van der Waals surface area contributed by atoms with Crippen LogP contribution < -0.4 is 20.1 Å². The number of fused-ring (bicyclic) bond motifs is 17. The molecule has 2 aliphatic rings. The molecule has 0 aromatic heterocycles. The quantitative estimate of drug-likeness (QED) is 0.445. The highest BCUT2D eigenvalue weighted by molar-refractivity contribution is 5.97. The van der Waals surface area contributed by atoms with Crippen LogP contribution in [-0.4, -0.2) is 88.8 Å². The number of nitrogens with zero attached hydrogens (tertiary/aromatic N) is 1. The Hall–Kier alpha value is -4.26. The van der Waals surface area contributed by atoms with Gasteiger partial charge in [0.15, 0.2) is 18.2 Å². The molecule has 3 amide bonds. The number of methoxy groups -OCH3 is 2. The zero-order valence-corrected chi connectivity index (χ0v) is 25.9. The first-order valence-electron chi connectivity index (χ1n) is 14.9. The van der Waals surface area contributed by atoms with E-state index in [0.717, 1.165) is 11.6 Å². The zero-order chi connectivity index (χ0) is 32.8. The van der Waals surface area contributed by atoms with Crippen molar-refractivity contribution in [2.24, 2.45) is 5.41 Å². The lowest BCUT2D eigenvalue weighted by molar-refractivity contribution is -0.156. The minimum atomic E-state index is -1.34. The second-order valence-corrected chi connectivity index (χ2v) is 10.7. The minimum Gasteiger partial charge on any atom is -0.496 e. The Morgan fingerprint density at radius 1 is 1.00 bits per heavy atom. The molecule has 0 saturated heterocycles. The van der Waals surface area contributed by atoms with Crippen LogP contribution in [0.4, 0.5) is 8.78 Å². The Balaban J connectivity index is 1.87. The summed E-state index contributed by atoms with van der Waals surface area (Å²) in [4.78, 5) is 53.5. The van der Waals surface area contributed by atoms with E-state index in [4.69, 9.17) is 18.9 Å². The molecule has 2 aromatic carbocycles. The van der Waals surface area contributed by atoms with Gasteiger partial charge in [0.2, 0.25) is 5.91 Å². The first-order chi connectivity index (χ1) is 21.6. The molecule has 246 valence electrons. The molecule has 4 rings (SSSR count). The van der Waals surface area contributed by atoms with E-state index in [-0.39, 0.29) is 89.2 Å². The topological polar surface area (TPSA) is 132 Å². The number of halogens is 2. The Morgan fingerprint density at radius 3 is 2.42 bits per heavy atom. The molecule has 2 aromatic rings. The van der Waals surface area contributed by atoms with Crippen molar-refractivity contribution in [2.75, 3.05) is 60.2 Å². The molecule has 2 heterocycles. The summed E-state index contributed by atoms with van der Waals surface area (Å²) >= 11 is 0. The van der Waals surface area contributed by atoms with Crippen LogP contribution in [0.1, 0.15) is 48.5 Å². The summed E-state index contributed by atoms with van der Waals surface area (Å²) in [7, 11) is 2.76. The van der Waals surface area contributed by atoms with Gasteiger partial charge >= 0.3 is 5.97 Å². The lowest BCUT2D eigenvalue weighted by Crippen LogP contribution is -2.46. The highest BCUT2D eigenvalue weighted by Crippen LogP contribution is 2.30. The third-order valence-corrected chi connectivity index (χ3v) is 7.49. The van der Waals surface area contributed by atoms with E-state index in [9.17, 15) is 28.0 Å². The molecule has 2 N–H and O–H groups in total. The fourth-order valence-corrected chi connectivity index (χ4v) is 5.02. The monoisotopic (exact) mass is 633 g/mol. The molecule has 45 heavy (non-hydrogen) atoms. The van der Waals surface area contributed by atoms with Crippen LogP contribution in [0.3, 0.4) is 0 Å². The zero-order valence-electron chi connectivity index (χ0n) is 25.9. The number of nitrogens with one attached hydrogen (secondary N) is 2. The second-order valence-electron chi connectivity index (χ2n) is 10.7. The second kappa shape index (κ2) is 17.3. The number of amides is 3. The predicted molar refractivity (Wildman–Crippen MR) is 160 cm³/mol. The summed E-state index contributed by atoms with van der Waals surface area (Å²) < 4.78 is 50.3. The molecule has 1 atom stereocenters. The molecule has 2 bridgehead atoms. The molecule has 0 aliphatic carbocycles. The van der Waals surface area contributed by atoms with E-state index < -0.39 is 34.5 Å². The van der Waals surface area contributed by atoms with Gasteiger partial charge in [-0.3, -0.25) is 19.2 Å². The summed E-state index contributed by atoms with van der Waals surface area (Å²) in [5, 5.41) is 5.56. The van der Waals surface area contributed by atoms with E-state index in [0.29, 0.717) is 12.2 Å². The van der Waals surface area contributed by atoms with E-state index >= 15 is 0 Å². The van der Waals surface area contributed by atoms with Gasteiger partial charge in [-0.2, -0.15) is 0 Å². The van der Waals surface area contributed by atoms with Crippen molar-refractivity contribution in [1.29, 1.82) is 0 Å². The summed E-state index contributed by atoms with van der Waals surface area (Å²) in [5.41, 5.74) is -0.913. The Labute approximate surface area is 261 Å². The third kappa shape index (κ3) is 9.87. The van der Waals surface area contributed by atoms with E-state index in [2.05, 4.69) is 10.6 Å². The largest absolute Gasteiger partial charge is 0.496 e. The average Bonchev–Trinajstić information content (AvgIpc) is 3.03. The fourth-order valence-electron chi connectivity index (χ4n) is 5.02. The number of hydrogen-bond acceptors (Lipinski definition) is 8. The van der Waals surface area contributed by atoms with Gasteiger partial charge in [-0.05, 0) is 62.4 Å². The molecular weight excluding hydrogens is 592 g/mol. The predicted octanol–water partition coefficient (Wildman–Crippen LogP) is 3.04. The van der Waals surface area contributed by atoms with Crippen LogP contribution in [0.2, 0.25) is 0 Å². The number of carbonyl (C=O) groups is 4. The van der Waals surface area contributed by atoms with Gasteiger partial charge in [0.1, 0.15) is 17.1 Å². The van der Waals surface area contributed by atoms with Crippen LogP contribution >= 0.6 is 0 Å². The van der Waals surface area contributed by atoms with Gasteiger partial charge in [-0.15, -0.1) is 0 Å². The first kappa shape index (κ1) is 35.2. The molecule has 2 aliphatic heterocycles. The molecule has 11 nitrogen and oxygen atoms in total. The van der Waals surface area contributed by atoms with Crippen molar-refractivity contribution in [3.8, 4) is 11.5 Å². The number of hydrogen-bond donors (Lipinski definition) is 2. The van der Waals surface area contributed by atoms with Crippen LogP contribution in [0.5, 0.6) is 11.5 Å². The summed E-state index contributed by atoms with van der Waals surface area (Å²) in [6, 6.07) is 8.99. The summed E-state index contributed by atoms with van der Waals surface area (Å²) in [5.74, 6) is -4.28. The number of benzene rings is 2. The third-order valence-electron chi connectivity index (χ3n) is 7.49. The number of rotatable bonds is 7. The smallest absolute Gasteiger partial charge is 0.314 e. The van der Waals surface area contributed by atoms with Gasteiger partial charge < -0.3 is 34.5 Å². The summed E-state index contributed by atoms with van der Waals surface area (Å²) in [6.45, 7) is 2.10. The van der Waals surface area contributed by atoms with Gasteiger partial charge in [0.25, 0.3) is 11.8 Å². The average molecular weight is 634 g/mol. The molecule has 0 fully saturated rings. The maximum absolute atomic E-state index is 14.8. The van der Waals surface area contributed by atoms with Crippen molar-refractivity contribution in [3.63, 3.8) is 0 Å². The van der Waals surface area contributed by atoms with Crippen molar-refractivity contribution < 1.29 is 46.9 Å². The minimum absolute atomic E-state index is 0.0154. The highest BCUT2D eigenvalue weighted by Gasteiger charge is 2.40. The molecule has 13 heteroatoms. The molecule has 0 spiro atoms. The van der Waals surface area contributed by atoms with Crippen LogP contribution in [0, 0.1) is 17.0 Å². The molecular formula is C32H41F2N3O8. The lowest BCUT2D eigenvalue weighted by Gasteiger charge is -2.32. The van der Waals surface area contributed by atoms with Crippen LogP contribution in [0.15, 0.2) is 36.4 Å². The van der Waals surface area contributed by atoms with E-state index in [1.165, 1.54) is 25.2 Å². The molecule has 1 unspecified atom stereocenters. The number of esters is 1. The van der Waals surface area contributed by atoms with Gasteiger partial charge in [-0.1, -0.05) is 12.1 Å². The molecule has 0 saturated carbocycles. The summed E-state index contributed by atoms with van der Waals surface area (Å²) in [6.07, 6.45) is 0.963. The van der Waals surface area contributed by atoms with Crippen molar-refractivity contribution in [3.05, 3.63) is 59.2 Å². The van der Waals surface area contributed by atoms with Crippen LogP contribution in [-0.2, 0) is 30.3 Å². The Bertz CT molecular complexity index is 1320. The standard InChI is InChI=1S/C32H41F2N3O8/c1-4-44-31(41)32(14-18-42-2)19-22-8-10-23(11-9-22)45-20-27(39)35-15-6-17-37(16-5-7-26(38)36-21-32)30(40)28-25(43-3)13-12-24(33)29(28)34/h8-13H,4-7,14-21H2,1-3H3,(H,35,39)(H,36,38). The fraction of sp³-hybridized carbons (Fsp3) is 0.500. The Kier molecular flexibility index (Phi) is 13.5. The van der Waals surface area contributed by atoms with Gasteiger partial charge in [-0.25, -0.2) is 8.78 Å².